The summed E-state index contributed by atoms with van der Waals surface area (Å²) in [6.45, 7) is 9.95. The number of hydrogen-bond acceptors (Lipinski definition) is 4. The summed E-state index contributed by atoms with van der Waals surface area (Å²) in [7, 11) is -0.623. The van der Waals surface area contributed by atoms with Crippen molar-refractivity contribution in [3.63, 3.8) is 0 Å². The van der Waals surface area contributed by atoms with Crippen molar-refractivity contribution in [2.24, 2.45) is 0 Å². The molecule has 1 aromatic rings. The van der Waals surface area contributed by atoms with Gasteiger partial charge in [0, 0.05) is 12.7 Å². The Morgan fingerprint density at radius 3 is 1.95 bits per heavy atom. The van der Waals surface area contributed by atoms with Crippen molar-refractivity contribution in [3.05, 3.63) is 28.8 Å². The number of phenolic OH excluding ortho intramolecular Hbond substituents is 1. The zero-order valence-electron chi connectivity index (χ0n) is 12.7. The second-order valence-corrected chi connectivity index (χ2v) is 4.73. The Bertz CT molecular complexity index is 355. The predicted molar refractivity (Wildman–Crippen MR) is 80.0 cm³/mol. The molecule has 1 atom stereocenters. The summed E-state index contributed by atoms with van der Waals surface area (Å²) in [5.41, 5.74) is 2.56. The Morgan fingerprint density at radius 1 is 1.16 bits per heavy atom. The number of phenols is 1. The Labute approximate surface area is 117 Å². The van der Waals surface area contributed by atoms with E-state index >= 15 is 0 Å². The van der Waals surface area contributed by atoms with E-state index in [9.17, 15) is 9.67 Å². The van der Waals surface area contributed by atoms with E-state index in [2.05, 4.69) is 0 Å². The molecule has 0 spiro atoms. The fourth-order valence-electron chi connectivity index (χ4n) is 1.48. The first-order valence-corrected chi connectivity index (χ1v) is 7.72. The van der Waals surface area contributed by atoms with Gasteiger partial charge in [-0.15, -0.1) is 4.52 Å². The van der Waals surface area contributed by atoms with Gasteiger partial charge in [-0.05, 0) is 48.6 Å². The molecular weight excluding hydrogens is 263 g/mol. The van der Waals surface area contributed by atoms with Crippen LogP contribution in [0.25, 0.3) is 0 Å². The third-order valence-electron chi connectivity index (χ3n) is 2.14. The standard InChI is InChI=1S/C11H15O3P.C2H6.CH4O/c1-4-14-15(13)7-10-5-8(2)11(12)9(3)6-10;2*1-2/h5-6H,4,7H2,1-3H3;1-2H3;2H,1H3/p+1. The van der Waals surface area contributed by atoms with Crippen molar-refractivity contribution in [1.82, 2.24) is 0 Å². The van der Waals surface area contributed by atoms with Crippen LogP contribution in [0.4, 0.5) is 0 Å². The molecule has 110 valence electrons. The number of rotatable bonds is 4. The molecule has 1 rings (SSSR count). The molecule has 0 aliphatic carbocycles. The Balaban J connectivity index is 0. The van der Waals surface area contributed by atoms with E-state index in [-0.39, 0.29) is 0 Å². The van der Waals surface area contributed by atoms with E-state index in [0.717, 1.165) is 23.8 Å². The third kappa shape index (κ3) is 7.93. The maximum atomic E-state index is 11.4. The van der Waals surface area contributed by atoms with Crippen LogP contribution < -0.4 is 0 Å². The average Bonchev–Trinajstić information content (AvgIpc) is 2.41. The highest BCUT2D eigenvalue weighted by Gasteiger charge is 2.18. The first kappa shape index (κ1) is 20.4. The number of aliphatic hydroxyl groups excluding tert-OH is 1. The van der Waals surface area contributed by atoms with Crippen molar-refractivity contribution < 1.29 is 19.3 Å². The van der Waals surface area contributed by atoms with Crippen LogP contribution >= 0.6 is 8.03 Å². The first-order chi connectivity index (χ1) is 9.04. The van der Waals surface area contributed by atoms with Crippen molar-refractivity contribution in [2.45, 2.75) is 40.8 Å². The van der Waals surface area contributed by atoms with Gasteiger partial charge in [0.05, 0.1) is 6.61 Å². The summed E-state index contributed by atoms with van der Waals surface area (Å²) in [4.78, 5) is 0. The zero-order valence-corrected chi connectivity index (χ0v) is 13.6. The molecule has 0 saturated carbocycles. The predicted octanol–water partition coefficient (Wildman–Crippen LogP) is 3.92. The molecular formula is C14H26O4P+. The fraction of sp³-hybridized carbons (Fsp3) is 0.571. The second kappa shape index (κ2) is 12.1. The zero-order chi connectivity index (χ0) is 15.4. The van der Waals surface area contributed by atoms with Gasteiger partial charge in [-0.2, -0.15) is 0 Å². The highest BCUT2D eigenvalue weighted by Crippen LogP contribution is 2.31. The fourth-order valence-corrected chi connectivity index (χ4v) is 2.34. The summed E-state index contributed by atoms with van der Waals surface area (Å²) in [6.07, 6.45) is 0.408. The van der Waals surface area contributed by atoms with E-state index in [0.29, 0.717) is 18.5 Å². The first-order valence-electron chi connectivity index (χ1n) is 6.36. The van der Waals surface area contributed by atoms with E-state index < -0.39 is 8.03 Å². The lowest BCUT2D eigenvalue weighted by molar-refractivity contribution is 0.350. The van der Waals surface area contributed by atoms with Crippen molar-refractivity contribution in [3.8, 4) is 5.75 Å². The maximum absolute atomic E-state index is 11.4. The van der Waals surface area contributed by atoms with Crippen molar-refractivity contribution in [1.29, 1.82) is 0 Å². The molecule has 19 heavy (non-hydrogen) atoms. The second-order valence-electron chi connectivity index (χ2n) is 3.49. The lowest BCUT2D eigenvalue weighted by atomic mass is 10.1. The minimum absolute atomic E-state index is 0.311. The van der Waals surface area contributed by atoms with Gasteiger partial charge in [0.2, 0.25) is 6.16 Å². The van der Waals surface area contributed by atoms with Crippen molar-refractivity contribution in [2.75, 3.05) is 13.7 Å². The lowest BCUT2D eigenvalue weighted by Gasteiger charge is -2.03. The topological polar surface area (TPSA) is 66.8 Å². The highest BCUT2D eigenvalue weighted by molar-refractivity contribution is 7.38. The maximum Gasteiger partial charge on any atom is 0.512 e. The van der Waals surface area contributed by atoms with Gasteiger partial charge in [0.1, 0.15) is 5.75 Å². The van der Waals surface area contributed by atoms with Crippen LogP contribution in [0, 0.1) is 13.8 Å². The Kier molecular flexibility index (Phi) is 13.0. The quantitative estimate of drug-likeness (QED) is 0.824. The summed E-state index contributed by atoms with van der Waals surface area (Å²) in [5, 5.41) is 16.6. The summed E-state index contributed by atoms with van der Waals surface area (Å²) in [5.74, 6) is 0.311. The molecule has 2 N–H and O–H groups in total. The number of aromatic hydroxyl groups is 1. The van der Waals surface area contributed by atoms with Gasteiger partial charge < -0.3 is 10.2 Å². The minimum Gasteiger partial charge on any atom is -0.507 e. The van der Waals surface area contributed by atoms with Gasteiger partial charge in [-0.25, -0.2) is 0 Å². The summed E-state index contributed by atoms with van der Waals surface area (Å²) in [6, 6.07) is 3.68. The molecule has 0 aromatic heterocycles. The van der Waals surface area contributed by atoms with Gasteiger partial charge in [-0.3, -0.25) is 0 Å². The van der Waals surface area contributed by atoms with Crippen LogP contribution in [0.3, 0.4) is 0 Å². The SMILES string of the molecule is CC.CCO[P+](=O)Cc1cc(C)c(O)c(C)c1.CO. The van der Waals surface area contributed by atoms with Crippen LogP contribution in [-0.2, 0) is 15.3 Å². The van der Waals surface area contributed by atoms with E-state index in [1.807, 2.05) is 46.8 Å². The largest absolute Gasteiger partial charge is 0.512 e. The van der Waals surface area contributed by atoms with Crippen LogP contribution in [-0.4, -0.2) is 23.9 Å². The van der Waals surface area contributed by atoms with Gasteiger partial charge >= 0.3 is 8.03 Å². The van der Waals surface area contributed by atoms with Crippen molar-refractivity contribution >= 4 is 8.03 Å². The molecule has 1 unspecified atom stereocenters. The smallest absolute Gasteiger partial charge is 0.507 e. The van der Waals surface area contributed by atoms with Gasteiger partial charge in [0.25, 0.3) is 0 Å². The van der Waals surface area contributed by atoms with E-state index in [4.69, 9.17) is 9.63 Å². The molecule has 0 aliphatic rings. The third-order valence-corrected chi connectivity index (χ3v) is 3.31. The molecule has 0 amide bonds. The Hall–Kier alpha value is -0.960. The number of benzene rings is 1. The van der Waals surface area contributed by atoms with Crippen LogP contribution in [0.2, 0.25) is 0 Å². The van der Waals surface area contributed by atoms with E-state index in [1.165, 1.54) is 0 Å². The van der Waals surface area contributed by atoms with Gasteiger partial charge in [-0.1, -0.05) is 13.8 Å². The summed E-state index contributed by atoms with van der Waals surface area (Å²) >= 11 is 0. The van der Waals surface area contributed by atoms with Crippen LogP contribution in [0.5, 0.6) is 5.75 Å². The molecule has 1 aromatic carbocycles. The lowest BCUT2D eigenvalue weighted by Crippen LogP contribution is -1.88. The molecule has 0 fully saturated rings. The molecule has 0 aliphatic heterocycles. The number of hydrogen-bond donors (Lipinski definition) is 2. The monoisotopic (exact) mass is 289 g/mol. The Morgan fingerprint density at radius 2 is 1.58 bits per heavy atom. The number of aliphatic hydroxyl groups is 1. The van der Waals surface area contributed by atoms with Crippen LogP contribution in [0.1, 0.15) is 37.5 Å². The molecule has 4 nitrogen and oxygen atoms in total. The molecule has 0 bridgehead atoms. The molecule has 5 heteroatoms. The normalized spacial score (nSPS) is 9.74. The van der Waals surface area contributed by atoms with Gasteiger partial charge in [0.15, 0.2) is 0 Å². The van der Waals surface area contributed by atoms with E-state index in [1.54, 1.807) is 0 Å². The van der Waals surface area contributed by atoms with Crippen LogP contribution in [0.15, 0.2) is 12.1 Å². The molecule has 0 radical (unpaired) electrons. The summed E-state index contributed by atoms with van der Waals surface area (Å²) < 4.78 is 16.4. The minimum atomic E-state index is -1.62. The molecule has 0 heterocycles. The average molecular weight is 289 g/mol. The number of aryl methyl sites for hydroxylation is 2. The highest BCUT2D eigenvalue weighted by atomic mass is 31.1. The molecule has 0 saturated heterocycles.